The Morgan fingerprint density at radius 2 is 2.07 bits per heavy atom. The van der Waals surface area contributed by atoms with Gasteiger partial charge in [-0.1, -0.05) is 6.07 Å². The van der Waals surface area contributed by atoms with Crippen molar-refractivity contribution in [1.82, 2.24) is 0 Å². The maximum Gasteiger partial charge on any atom is 0.339 e. The number of rotatable bonds is 1. The molecular formula is C10H6O5. The minimum absolute atomic E-state index is 0.0320. The van der Waals surface area contributed by atoms with Crippen LogP contribution in [-0.4, -0.2) is 16.2 Å². The van der Waals surface area contributed by atoms with Crippen LogP contribution >= 0.6 is 0 Å². The van der Waals surface area contributed by atoms with Crippen LogP contribution in [0.2, 0.25) is 0 Å². The van der Waals surface area contributed by atoms with Gasteiger partial charge in [-0.05, 0) is 12.1 Å². The summed E-state index contributed by atoms with van der Waals surface area (Å²) in [6, 6.07) is 5.02. The summed E-state index contributed by atoms with van der Waals surface area (Å²) in [5.41, 5.74) is -0.767. The zero-order valence-electron chi connectivity index (χ0n) is 7.43. The van der Waals surface area contributed by atoms with Gasteiger partial charge in [0.05, 0.1) is 17.0 Å². The molecule has 0 aliphatic rings. The molecule has 1 aromatic heterocycles. The Kier molecular flexibility index (Phi) is 1.93. The molecule has 0 spiro atoms. The zero-order chi connectivity index (χ0) is 11.0. The van der Waals surface area contributed by atoms with E-state index in [2.05, 4.69) is 0 Å². The van der Waals surface area contributed by atoms with E-state index in [9.17, 15) is 14.7 Å². The summed E-state index contributed by atoms with van der Waals surface area (Å²) in [7, 11) is 0. The number of fused-ring (bicyclic) bond motifs is 1. The molecule has 0 aliphatic carbocycles. The van der Waals surface area contributed by atoms with E-state index >= 15 is 0 Å². The molecule has 76 valence electrons. The van der Waals surface area contributed by atoms with Crippen LogP contribution in [0.5, 0.6) is 5.75 Å². The average Bonchev–Trinajstić information content (AvgIpc) is 2.16. The van der Waals surface area contributed by atoms with Gasteiger partial charge in [0.2, 0.25) is 0 Å². The molecule has 0 amide bonds. The van der Waals surface area contributed by atoms with E-state index in [1.165, 1.54) is 18.2 Å². The second-order valence-corrected chi connectivity index (χ2v) is 2.93. The van der Waals surface area contributed by atoms with Crippen molar-refractivity contribution in [3.63, 3.8) is 0 Å². The summed E-state index contributed by atoms with van der Waals surface area (Å²) >= 11 is 0. The highest BCUT2D eigenvalue weighted by Gasteiger charge is 2.13. The van der Waals surface area contributed by atoms with E-state index in [0.717, 1.165) is 6.07 Å². The lowest BCUT2D eigenvalue weighted by Crippen LogP contribution is -2.01. The van der Waals surface area contributed by atoms with Crippen LogP contribution in [0.15, 0.2) is 33.5 Å². The quantitative estimate of drug-likeness (QED) is 0.684. The minimum Gasteiger partial charge on any atom is -0.507 e. The standard InChI is InChI=1S/C10H6O5/c11-6-4-8(12)15-7-3-1-2-5(9(6)7)10(13)14/h1-4,11H,(H,13,14). The maximum absolute atomic E-state index is 10.9. The maximum atomic E-state index is 10.9. The third kappa shape index (κ3) is 1.43. The van der Waals surface area contributed by atoms with Crippen molar-refractivity contribution in [3.05, 3.63) is 40.2 Å². The number of hydrogen-bond acceptors (Lipinski definition) is 4. The van der Waals surface area contributed by atoms with Crippen molar-refractivity contribution in [1.29, 1.82) is 0 Å². The van der Waals surface area contributed by atoms with Crippen LogP contribution in [0.1, 0.15) is 10.4 Å². The molecular weight excluding hydrogens is 200 g/mol. The van der Waals surface area contributed by atoms with E-state index in [4.69, 9.17) is 9.52 Å². The Bertz CT molecular complexity index is 596. The third-order valence-electron chi connectivity index (χ3n) is 1.98. The zero-order valence-corrected chi connectivity index (χ0v) is 7.43. The molecule has 2 rings (SSSR count). The first-order valence-electron chi connectivity index (χ1n) is 4.09. The summed E-state index contributed by atoms with van der Waals surface area (Å²) in [6.07, 6.45) is 0. The van der Waals surface area contributed by atoms with Gasteiger partial charge in [-0.25, -0.2) is 9.59 Å². The molecule has 15 heavy (non-hydrogen) atoms. The summed E-state index contributed by atoms with van der Waals surface area (Å²) in [4.78, 5) is 21.7. The molecule has 5 heteroatoms. The molecule has 5 nitrogen and oxygen atoms in total. The van der Waals surface area contributed by atoms with Crippen molar-refractivity contribution in [3.8, 4) is 5.75 Å². The first-order chi connectivity index (χ1) is 7.09. The lowest BCUT2D eigenvalue weighted by Gasteiger charge is -2.02. The largest absolute Gasteiger partial charge is 0.507 e. The Morgan fingerprint density at radius 3 is 2.73 bits per heavy atom. The number of aromatic hydroxyl groups is 1. The molecule has 0 bridgehead atoms. The lowest BCUT2D eigenvalue weighted by atomic mass is 10.1. The van der Waals surface area contributed by atoms with Gasteiger partial charge in [-0.15, -0.1) is 0 Å². The van der Waals surface area contributed by atoms with E-state index in [0.29, 0.717) is 0 Å². The fourth-order valence-corrected chi connectivity index (χ4v) is 1.38. The van der Waals surface area contributed by atoms with Crippen molar-refractivity contribution in [2.45, 2.75) is 0 Å². The van der Waals surface area contributed by atoms with Gasteiger partial charge in [0.15, 0.2) is 0 Å². The van der Waals surface area contributed by atoms with Crippen LogP contribution < -0.4 is 5.63 Å². The number of benzene rings is 1. The first kappa shape index (κ1) is 9.26. The molecule has 0 fully saturated rings. The van der Waals surface area contributed by atoms with Gasteiger partial charge in [0.1, 0.15) is 11.3 Å². The van der Waals surface area contributed by atoms with E-state index in [-0.39, 0.29) is 22.3 Å². The summed E-state index contributed by atoms with van der Waals surface area (Å²) in [5.74, 6) is -1.58. The van der Waals surface area contributed by atoms with Crippen molar-refractivity contribution < 1.29 is 19.4 Å². The van der Waals surface area contributed by atoms with Crippen LogP contribution in [-0.2, 0) is 0 Å². The van der Waals surface area contributed by atoms with Gasteiger partial charge in [0.25, 0.3) is 0 Å². The number of carbonyl (C=O) groups is 1. The Morgan fingerprint density at radius 1 is 1.33 bits per heavy atom. The van der Waals surface area contributed by atoms with Crippen molar-refractivity contribution in [2.75, 3.05) is 0 Å². The fraction of sp³-hybridized carbons (Fsp3) is 0. The Labute approximate surface area is 83.2 Å². The number of carboxylic acid groups (broad SMARTS) is 1. The SMILES string of the molecule is O=C(O)c1cccc2oc(=O)cc(O)c12. The average molecular weight is 206 g/mol. The topological polar surface area (TPSA) is 87.7 Å². The summed E-state index contributed by atoms with van der Waals surface area (Å²) in [5, 5.41) is 18.3. The summed E-state index contributed by atoms with van der Waals surface area (Å²) < 4.78 is 4.75. The molecule has 1 heterocycles. The smallest absolute Gasteiger partial charge is 0.339 e. The second-order valence-electron chi connectivity index (χ2n) is 2.93. The first-order valence-corrected chi connectivity index (χ1v) is 4.09. The highest BCUT2D eigenvalue weighted by atomic mass is 16.4. The second kappa shape index (κ2) is 3.13. The third-order valence-corrected chi connectivity index (χ3v) is 1.98. The van der Waals surface area contributed by atoms with E-state index < -0.39 is 11.6 Å². The number of aromatic carboxylic acids is 1. The molecule has 0 saturated heterocycles. The predicted octanol–water partition coefficient (Wildman–Crippen LogP) is 1.20. The number of carboxylic acids is 1. The van der Waals surface area contributed by atoms with Crippen LogP contribution in [0.4, 0.5) is 0 Å². The monoisotopic (exact) mass is 206 g/mol. The van der Waals surface area contributed by atoms with Crippen molar-refractivity contribution >= 4 is 16.9 Å². The van der Waals surface area contributed by atoms with Gasteiger partial charge in [0, 0.05) is 0 Å². The van der Waals surface area contributed by atoms with Gasteiger partial charge in [-0.3, -0.25) is 0 Å². The molecule has 0 unspecified atom stereocenters. The van der Waals surface area contributed by atoms with Crippen molar-refractivity contribution in [2.24, 2.45) is 0 Å². The Balaban J connectivity index is 2.97. The highest BCUT2D eigenvalue weighted by molar-refractivity contribution is 6.04. The van der Waals surface area contributed by atoms with Crippen LogP contribution in [0.3, 0.4) is 0 Å². The fourth-order valence-electron chi connectivity index (χ4n) is 1.38. The summed E-state index contributed by atoms with van der Waals surface area (Å²) in [6.45, 7) is 0. The molecule has 2 aromatic rings. The van der Waals surface area contributed by atoms with Gasteiger partial charge in [-0.2, -0.15) is 0 Å². The Hall–Kier alpha value is -2.30. The molecule has 2 N–H and O–H groups in total. The van der Waals surface area contributed by atoms with Crippen LogP contribution in [0.25, 0.3) is 11.0 Å². The molecule has 1 aromatic carbocycles. The number of hydrogen-bond donors (Lipinski definition) is 2. The minimum atomic E-state index is -1.19. The van der Waals surface area contributed by atoms with E-state index in [1.807, 2.05) is 0 Å². The lowest BCUT2D eigenvalue weighted by molar-refractivity contribution is 0.0698. The van der Waals surface area contributed by atoms with Crippen LogP contribution in [0, 0.1) is 0 Å². The highest BCUT2D eigenvalue weighted by Crippen LogP contribution is 2.25. The molecule has 0 atom stereocenters. The molecule has 0 aliphatic heterocycles. The van der Waals surface area contributed by atoms with Gasteiger partial charge < -0.3 is 14.6 Å². The van der Waals surface area contributed by atoms with E-state index in [1.54, 1.807) is 0 Å². The molecule has 0 radical (unpaired) electrons. The van der Waals surface area contributed by atoms with Gasteiger partial charge >= 0.3 is 11.6 Å². The molecule has 0 saturated carbocycles. The normalized spacial score (nSPS) is 10.4. The predicted molar refractivity (Wildman–Crippen MR) is 51.1 cm³/mol.